The fraction of sp³-hybridized carbons (Fsp3) is 0.100. The number of aryl methyl sites for hydroxylation is 4. The molecule has 0 radical (unpaired) electrons. The van der Waals surface area contributed by atoms with Crippen molar-refractivity contribution in [2.75, 3.05) is 19.6 Å². The number of rotatable bonds is 12. The molecule has 1 heterocycles. The van der Waals surface area contributed by atoms with Gasteiger partial charge in [-0.2, -0.15) is 0 Å². The van der Waals surface area contributed by atoms with Crippen LogP contribution in [0.15, 0.2) is 225 Å². The quantitative estimate of drug-likeness (QED) is 0.122. The van der Waals surface area contributed by atoms with E-state index in [0.717, 1.165) is 80.0 Å². The standard InChI is InChI=1S/C60H52N6/c1-43-19-11-15-27-53(43)65(54-28-16-12-20-44(54)2)51-35-31-49(32-36-51)63(47-23-7-5-8-24-47)57-39-40-58(60-59(57)61-41-42-62-60)64(48-25-9-6-10-26-48)50-33-37-52(38-34-50)66(55-29-17-13-21-45(55)3)56-30-18-14-22-46(56)4/h5-25,27-42,48H,26H2,1-4H3. The van der Waals surface area contributed by atoms with Gasteiger partial charge in [-0.15, -0.1) is 0 Å². The Labute approximate surface area is 388 Å². The lowest BCUT2D eigenvalue weighted by Gasteiger charge is -2.35. The Morgan fingerprint density at radius 1 is 0.348 bits per heavy atom. The monoisotopic (exact) mass is 856 g/mol. The highest BCUT2D eigenvalue weighted by Gasteiger charge is 2.26. The predicted octanol–water partition coefficient (Wildman–Crippen LogP) is 16.3. The summed E-state index contributed by atoms with van der Waals surface area (Å²) in [6, 6.07) is 67.2. The summed E-state index contributed by atoms with van der Waals surface area (Å²) in [6.45, 7) is 8.70. The van der Waals surface area contributed by atoms with Crippen LogP contribution in [0.5, 0.6) is 0 Å². The second-order valence-corrected chi connectivity index (χ2v) is 16.9. The Balaban J connectivity index is 1.08. The van der Waals surface area contributed by atoms with Crippen molar-refractivity contribution in [2.24, 2.45) is 0 Å². The highest BCUT2D eigenvalue weighted by Crippen LogP contribution is 2.46. The van der Waals surface area contributed by atoms with Gasteiger partial charge in [0.15, 0.2) is 0 Å². The lowest BCUT2D eigenvalue weighted by molar-refractivity contribution is 0.786. The van der Waals surface area contributed by atoms with E-state index in [1.165, 1.54) is 22.3 Å². The van der Waals surface area contributed by atoms with Gasteiger partial charge in [0.25, 0.3) is 0 Å². The van der Waals surface area contributed by atoms with Gasteiger partial charge in [0.05, 0.1) is 17.4 Å². The number of allylic oxidation sites excluding steroid dienone is 2. The van der Waals surface area contributed by atoms with Crippen LogP contribution in [0.25, 0.3) is 11.0 Å². The van der Waals surface area contributed by atoms with Crippen LogP contribution in [0.3, 0.4) is 0 Å². The fourth-order valence-corrected chi connectivity index (χ4v) is 9.26. The molecule has 66 heavy (non-hydrogen) atoms. The van der Waals surface area contributed by atoms with Crippen LogP contribution >= 0.6 is 0 Å². The van der Waals surface area contributed by atoms with Gasteiger partial charge in [-0.25, -0.2) is 0 Å². The molecule has 10 rings (SSSR count). The number of hydrogen-bond donors (Lipinski definition) is 0. The molecule has 0 aliphatic heterocycles. The molecule has 0 saturated carbocycles. The van der Waals surface area contributed by atoms with Crippen molar-refractivity contribution in [3.05, 3.63) is 247 Å². The highest BCUT2D eigenvalue weighted by molar-refractivity contribution is 6.02. The van der Waals surface area contributed by atoms with Crippen molar-refractivity contribution in [1.29, 1.82) is 0 Å². The van der Waals surface area contributed by atoms with Crippen molar-refractivity contribution in [1.82, 2.24) is 9.97 Å². The topological polar surface area (TPSA) is 38.7 Å². The Hall–Kier alpha value is -8.22. The molecule has 0 spiro atoms. The molecular formula is C60H52N6. The normalized spacial score (nSPS) is 13.1. The number of anilines is 11. The largest absolute Gasteiger partial charge is 0.332 e. The first-order chi connectivity index (χ1) is 32.4. The summed E-state index contributed by atoms with van der Waals surface area (Å²) in [5, 5.41) is 0. The van der Waals surface area contributed by atoms with Crippen LogP contribution in [0, 0.1) is 27.7 Å². The van der Waals surface area contributed by atoms with Gasteiger partial charge < -0.3 is 19.6 Å². The van der Waals surface area contributed by atoms with Gasteiger partial charge in [0.1, 0.15) is 11.0 Å². The molecule has 0 saturated heterocycles. The summed E-state index contributed by atoms with van der Waals surface area (Å²) < 4.78 is 0. The first kappa shape index (κ1) is 41.8. The van der Waals surface area contributed by atoms with Gasteiger partial charge in [-0.3, -0.25) is 9.97 Å². The zero-order valence-electron chi connectivity index (χ0n) is 37.8. The van der Waals surface area contributed by atoms with E-state index in [4.69, 9.17) is 9.97 Å². The number of benzene rings is 8. The molecule has 1 atom stereocenters. The van der Waals surface area contributed by atoms with Gasteiger partial charge in [-0.05, 0) is 153 Å². The Bertz CT molecular complexity index is 3100. The molecular weight excluding hydrogens is 805 g/mol. The minimum atomic E-state index is 0.0583. The first-order valence-electron chi connectivity index (χ1n) is 22.7. The van der Waals surface area contributed by atoms with E-state index in [1.54, 1.807) is 6.20 Å². The van der Waals surface area contributed by atoms with E-state index in [-0.39, 0.29) is 6.04 Å². The summed E-state index contributed by atoms with van der Waals surface area (Å²) in [7, 11) is 0. The molecule has 6 heteroatoms. The van der Waals surface area contributed by atoms with E-state index in [1.807, 2.05) is 6.20 Å². The van der Waals surface area contributed by atoms with Crippen LogP contribution in [0.4, 0.5) is 62.6 Å². The smallest absolute Gasteiger partial charge is 0.115 e. The van der Waals surface area contributed by atoms with Crippen LogP contribution < -0.4 is 19.6 Å². The van der Waals surface area contributed by atoms with E-state index in [9.17, 15) is 0 Å². The number of nitrogens with zero attached hydrogens (tertiary/aromatic N) is 6. The molecule has 6 nitrogen and oxygen atoms in total. The summed E-state index contributed by atoms with van der Waals surface area (Å²) in [6.07, 6.45) is 13.3. The number of aromatic nitrogens is 2. The van der Waals surface area contributed by atoms with Crippen LogP contribution in [0.2, 0.25) is 0 Å². The maximum atomic E-state index is 5.13. The van der Waals surface area contributed by atoms with Gasteiger partial charge in [0, 0.05) is 63.6 Å². The lowest BCUT2D eigenvalue weighted by atomic mass is 10.0. The summed E-state index contributed by atoms with van der Waals surface area (Å²) in [5.41, 5.74) is 18.3. The molecule has 1 aliphatic carbocycles. The maximum Gasteiger partial charge on any atom is 0.115 e. The third kappa shape index (κ3) is 8.10. The zero-order chi connectivity index (χ0) is 45.0. The second kappa shape index (κ2) is 18.5. The van der Waals surface area contributed by atoms with Crippen LogP contribution in [0.1, 0.15) is 28.7 Å². The first-order valence-corrected chi connectivity index (χ1v) is 22.7. The summed E-state index contributed by atoms with van der Waals surface area (Å²) in [5.74, 6) is 0. The molecule has 0 fully saturated rings. The number of fused-ring (bicyclic) bond motifs is 1. The van der Waals surface area contributed by atoms with Crippen LogP contribution in [-0.2, 0) is 0 Å². The van der Waals surface area contributed by atoms with E-state index in [0.29, 0.717) is 0 Å². The Morgan fingerprint density at radius 3 is 1.17 bits per heavy atom. The Morgan fingerprint density at radius 2 is 0.727 bits per heavy atom. The van der Waals surface area contributed by atoms with E-state index in [2.05, 4.69) is 260 Å². The minimum absolute atomic E-state index is 0.0583. The van der Waals surface area contributed by atoms with Crippen molar-refractivity contribution in [3.63, 3.8) is 0 Å². The fourth-order valence-electron chi connectivity index (χ4n) is 9.26. The van der Waals surface area contributed by atoms with E-state index < -0.39 is 0 Å². The summed E-state index contributed by atoms with van der Waals surface area (Å²) in [4.78, 5) is 19.7. The molecule has 1 unspecified atom stereocenters. The summed E-state index contributed by atoms with van der Waals surface area (Å²) >= 11 is 0. The molecule has 8 aromatic carbocycles. The van der Waals surface area contributed by atoms with Gasteiger partial charge in [0.2, 0.25) is 0 Å². The van der Waals surface area contributed by atoms with Crippen molar-refractivity contribution in [3.8, 4) is 0 Å². The zero-order valence-corrected chi connectivity index (χ0v) is 37.8. The van der Waals surface area contributed by atoms with Crippen molar-refractivity contribution in [2.45, 2.75) is 40.2 Å². The molecule has 0 amide bonds. The number of para-hydroxylation sites is 5. The maximum absolute atomic E-state index is 5.13. The second-order valence-electron chi connectivity index (χ2n) is 16.9. The van der Waals surface area contributed by atoms with Crippen molar-refractivity contribution >= 4 is 73.6 Å². The minimum Gasteiger partial charge on any atom is -0.332 e. The molecule has 0 bridgehead atoms. The third-order valence-corrected chi connectivity index (χ3v) is 12.6. The highest BCUT2D eigenvalue weighted by atomic mass is 15.2. The van der Waals surface area contributed by atoms with Gasteiger partial charge in [-0.1, -0.05) is 115 Å². The van der Waals surface area contributed by atoms with E-state index >= 15 is 0 Å². The average Bonchev–Trinajstić information content (AvgIpc) is 3.36. The molecule has 1 aromatic heterocycles. The molecule has 1 aliphatic rings. The molecule has 322 valence electrons. The van der Waals surface area contributed by atoms with Gasteiger partial charge >= 0.3 is 0 Å². The van der Waals surface area contributed by atoms with Crippen LogP contribution in [-0.4, -0.2) is 16.0 Å². The van der Waals surface area contributed by atoms with Crippen molar-refractivity contribution < 1.29 is 0 Å². The third-order valence-electron chi connectivity index (χ3n) is 12.6. The average molecular weight is 857 g/mol. The molecule has 0 N–H and O–H groups in total. The lowest BCUT2D eigenvalue weighted by Crippen LogP contribution is -2.30. The predicted molar refractivity (Wildman–Crippen MR) is 278 cm³/mol. The number of hydrogen-bond acceptors (Lipinski definition) is 6. The molecule has 9 aromatic rings. The SMILES string of the molecule is Cc1ccccc1N(c1ccc(N(c2ccccc2)c2ccc(N(c3ccc(N(c4ccccc4C)c4ccccc4C)cc3)C3C=CC=CC3)c3nccnc23)cc1)c1ccccc1C. The Kier molecular flexibility index (Phi) is 11.7.